The zero-order valence-corrected chi connectivity index (χ0v) is 26.2. The van der Waals surface area contributed by atoms with E-state index in [0.717, 1.165) is 42.1 Å². The lowest BCUT2D eigenvalue weighted by Crippen LogP contribution is -2.60. The number of nitrogens with one attached hydrogen (secondary N) is 3. The number of fused-ring (bicyclic) bond motifs is 2. The van der Waals surface area contributed by atoms with E-state index in [9.17, 15) is 19.2 Å². The van der Waals surface area contributed by atoms with Gasteiger partial charge in [-0.2, -0.15) is 4.73 Å². The molecule has 2 fully saturated rings. The van der Waals surface area contributed by atoms with Crippen molar-refractivity contribution in [3.63, 3.8) is 0 Å². The summed E-state index contributed by atoms with van der Waals surface area (Å²) in [6.07, 6.45) is 8.44. The van der Waals surface area contributed by atoms with Gasteiger partial charge in [0.2, 0.25) is 17.7 Å². The number of hydrogen-bond donors (Lipinski definition) is 3. The summed E-state index contributed by atoms with van der Waals surface area (Å²) in [4.78, 5) is 60.3. The van der Waals surface area contributed by atoms with Crippen LogP contribution in [0.4, 0.5) is 0 Å². The summed E-state index contributed by atoms with van der Waals surface area (Å²) in [6.45, 7) is 6.92. The number of unbranched alkanes of at least 4 members (excludes halogenated alkanes) is 2. The number of rotatable bonds is 12. The minimum Gasteiger partial charge on any atom is -0.417 e. The first kappa shape index (κ1) is 32.5. The maximum Gasteiger partial charge on any atom is 0.243 e. The lowest BCUT2D eigenvalue weighted by Gasteiger charge is -2.34. The first-order valence-electron chi connectivity index (χ1n) is 16.1. The van der Waals surface area contributed by atoms with Gasteiger partial charge in [-0.05, 0) is 49.7 Å². The van der Waals surface area contributed by atoms with Crippen molar-refractivity contribution in [3.8, 4) is 0 Å². The van der Waals surface area contributed by atoms with E-state index in [2.05, 4.69) is 29.8 Å². The van der Waals surface area contributed by atoms with Crippen LogP contribution in [0.5, 0.6) is 0 Å². The van der Waals surface area contributed by atoms with Crippen LogP contribution in [0.2, 0.25) is 0 Å². The average molecular weight is 596 g/mol. The van der Waals surface area contributed by atoms with Crippen LogP contribution in [0.25, 0.3) is 10.9 Å². The van der Waals surface area contributed by atoms with E-state index in [-0.39, 0.29) is 35.5 Å². The predicted octanol–water partition coefficient (Wildman–Crippen LogP) is 3.15. The molecule has 3 N–H and O–H groups in total. The molecule has 10 heteroatoms. The van der Waals surface area contributed by atoms with Gasteiger partial charge in [-0.15, -0.1) is 0 Å². The number of amides is 3. The molecule has 0 spiro atoms. The van der Waals surface area contributed by atoms with Gasteiger partial charge < -0.3 is 25.7 Å². The van der Waals surface area contributed by atoms with Crippen LogP contribution in [0, 0.1) is 5.92 Å². The fourth-order valence-corrected chi connectivity index (χ4v) is 6.35. The minimum atomic E-state index is -0.723. The SMILES string of the molecule is CCC(=O)CCCCC[C@@H]1NC(=O)[C@H]2CCCN2C(=O)C([C@@H](C)CC)NC[C@H](Cc2cn(OC)c3ccccc23)NC1=O. The topological polar surface area (TPSA) is 122 Å². The molecule has 1 aromatic heterocycles. The number of para-hydroxylation sites is 1. The van der Waals surface area contributed by atoms with Crippen molar-refractivity contribution in [2.45, 2.75) is 109 Å². The molecule has 1 aromatic carbocycles. The molecule has 4 rings (SSSR count). The summed E-state index contributed by atoms with van der Waals surface area (Å²) in [5.41, 5.74) is 1.95. The second-order valence-electron chi connectivity index (χ2n) is 12.1. The molecule has 1 unspecified atom stereocenters. The van der Waals surface area contributed by atoms with Crippen molar-refractivity contribution in [3.05, 3.63) is 36.0 Å². The van der Waals surface area contributed by atoms with E-state index < -0.39 is 18.1 Å². The zero-order chi connectivity index (χ0) is 30.9. The molecule has 0 bridgehead atoms. The Morgan fingerprint density at radius 1 is 1.07 bits per heavy atom. The predicted molar refractivity (Wildman–Crippen MR) is 166 cm³/mol. The number of ketones is 1. The van der Waals surface area contributed by atoms with Gasteiger partial charge in [-0.1, -0.05) is 58.2 Å². The normalized spacial score (nSPS) is 24.1. The highest BCUT2D eigenvalue weighted by atomic mass is 16.6. The molecule has 2 aromatic rings. The van der Waals surface area contributed by atoms with Crippen molar-refractivity contribution in [2.75, 3.05) is 20.2 Å². The second kappa shape index (κ2) is 15.4. The molecule has 3 amide bonds. The van der Waals surface area contributed by atoms with Crippen molar-refractivity contribution < 1.29 is 24.0 Å². The molecule has 43 heavy (non-hydrogen) atoms. The van der Waals surface area contributed by atoms with E-state index in [0.29, 0.717) is 51.6 Å². The molecular formula is C33H49N5O5. The lowest BCUT2D eigenvalue weighted by atomic mass is 9.96. The van der Waals surface area contributed by atoms with Gasteiger partial charge in [0.25, 0.3) is 0 Å². The van der Waals surface area contributed by atoms with Crippen LogP contribution < -0.4 is 20.8 Å². The number of hydrogen-bond acceptors (Lipinski definition) is 6. The summed E-state index contributed by atoms with van der Waals surface area (Å²) in [5.74, 6) is -0.249. The van der Waals surface area contributed by atoms with Gasteiger partial charge in [0.15, 0.2) is 0 Å². The summed E-state index contributed by atoms with van der Waals surface area (Å²) in [6, 6.07) is 5.87. The average Bonchev–Trinajstić information content (AvgIpc) is 3.64. The first-order chi connectivity index (χ1) is 20.8. The fourth-order valence-electron chi connectivity index (χ4n) is 6.35. The van der Waals surface area contributed by atoms with Gasteiger partial charge in [0.1, 0.15) is 25.0 Å². The molecule has 3 heterocycles. The molecule has 10 nitrogen and oxygen atoms in total. The molecular weight excluding hydrogens is 546 g/mol. The Kier molecular flexibility index (Phi) is 11.6. The zero-order valence-electron chi connectivity index (χ0n) is 26.2. The Labute approximate surface area is 255 Å². The largest absolute Gasteiger partial charge is 0.417 e. The molecule has 2 saturated heterocycles. The van der Waals surface area contributed by atoms with E-state index in [4.69, 9.17) is 4.84 Å². The molecule has 0 saturated carbocycles. The van der Waals surface area contributed by atoms with Crippen molar-refractivity contribution in [1.29, 1.82) is 0 Å². The third kappa shape index (κ3) is 7.96. The van der Waals surface area contributed by atoms with Gasteiger partial charge in [-0.3, -0.25) is 19.2 Å². The molecule has 236 valence electrons. The highest BCUT2D eigenvalue weighted by Crippen LogP contribution is 2.24. The fraction of sp³-hybridized carbons (Fsp3) is 0.636. The molecule has 2 aliphatic rings. The van der Waals surface area contributed by atoms with E-state index >= 15 is 0 Å². The molecule has 0 aliphatic carbocycles. The maximum absolute atomic E-state index is 13.9. The van der Waals surface area contributed by atoms with Crippen LogP contribution in [0.3, 0.4) is 0 Å². The second-order valence-corrected chi connectivity index (χ2v) is 12.1. The monoisotopic (exact) mass is 595 g/mol. The summed E-state index contributed by atoms with van der Waals surface area (Å²) < 4.78 is 1.72. The number of nitrogens with zero attached hydrogens (tertiary/aromatic N) is 2. The van der Waals surface area contributed by atoms with Crippen LogP contribution in [-0.4, -0.2) is 77.5 Å². The minimum absolute atomic E-state index is 0.0502. The Morgan fingerprint density at radius 3 is 2.60 bits per heavy atom. The first-order valence-corrected chi connectivity index (χ1v) is 16.1. The van der Waals surface area contributed by atoms with Crippen LogP contribution in [-0.2, 0) is 25.6 Å². The number of benzene rings is 1. The summed E-state index contributed by atoms with van der Waals surface area (Å²) in [5, 5.41) is 10.8. The quantitative estimate of drug-likeness (QED) is 0.324. The van der Waals surface area contributed by atoms with E-state index in [1.807, 2.05) is 37.4 Å². The van der Waals surface area contributed by atoms with Crippen LogP contribution in [0.15, 0.2) is 30.5 Å². The van der Waals surface area contributed by atoms with E-state index in [1.165, 1.54) is 0 Å². The van der Waals surface area contributed by atoms with Crippen LogP contribution >= 0.6 is 0 Å². The Balaban J connectivity index is 1.60. The lowest BCUT2D eigenvalue weighted by molar-refractivity contribution is -0.142. The standard InChI is InChI=1S/C33H49N5O5/c1-5-22(3)30-33(42)37-18-12-17-29(37)32(41)36-27(15-9-7-8-13-25(39)6-2)31(40)35-24(20-34-30)19-23-21-38(43-4)28-16-11-10-14-26(23)28/h10-11,14,16,21-22,24,27,29-30,34H,5-9,12-13,15,17-20H2,1-4H3,(H,35,40)(H,36,41)/t22-,24-,27-,29+,30?/m0/s1. The Hall–Kier alpha value is -3.40. The number of carbonyl (C=O) groups excluding carboxylic acids is 4. The van der Waals surface area contributed by atoms with Crippen molar-refractivity contribution >= 4 is 34.4 Å². The third-order valence-electron chi connectivity index (χ3n) is 9.15. The van der Waals surface area contributed by atoms with Gasteiger partial charge >= 0.3 is 0 Å². The van der Waals surface area contributed by atoms with Gasteiger partial charge in [-0.25, -0.2) is 0 Å². The third-order valence-corrected chi connectivity index (χ3v) is 9.15. The summed E-state index contributed by atoms with van der Waals surface area (Å²) >= 11 is 0. The molecule has 0 radical (unpaired) electrons. The van der Waals surface area contributed by atoms with Gasteiger partial charge in [0.05, 0.1) is 11.6 Å². The summed E-state index contributed by atoms with van der Waals surface area (Å²) in [7, 11) is 1.62. The Morgan fingerprint density at radius 2 is 1.86 bits per heavy atom. The van der Waals surface area contributed by atoms with Gasteiger partial charge in [0, 0.05) is 43.6 Å². The number of aromatic nitrogens is 1. The number of carbonyl (C=O) groups is 4. The van der Waals surface area contributed by atoms with E-state index in [1.54, 1.807) is 16.7 Å². The van der Waals surface area contributed by atoms with Crippen LogP contribution in [0.1, 0.15) is 84.1 Å². The molecule has 5 atom stereocenters. The number of Topliss-reactive ketones (excluding diaryl/α,β-unsaturated/α-hetero) is 1. The van der Waals surface area contributed by atoms with Crippen molar-refractivity contribution in [1.82, 2.24) is 25.6 Å². The molecule has 2 aliphatic heterocycles. The highest BCUT2D eigenvalue weighted by molar-refractivity contribution is 5.94. The Bertz CT molecular complexity index is 1280. The highest BCUT2D eigenvalue weighted by Gasteiger charge is 2.40. The van der Waals surface area contributed by atoms with Crippen molar-refractivity contribution in [2.24, 2.45) is 5.92 Å². The smallest absolute Gasteiger partial charge is 0.243 e. The maximum atomic E-state index is 13.9.